The van der Waals surface area contributed by atoms with Gasteiger partial charge in [0.05, 0.1) is 45.2 Å². The third-order valence-electron chi connectivity index (χ3n) is 7.02. The molecule has 0 bridgehead atoms. The molecule has 0 spiro atoms. The van der Waals surface area contributed by atoms with E-state index in [0.29, 0.717) is 53.0 Å². The van der Waals surface area contributed by atoms with Gasteiger partial charge in [-0.15, -0.1) is 0 Å². The number of ether oxygens (including phenoxy) is 4. The summed E-state index contributed by atoms with van der Waals surface area (Å²) in [5, 5.41) is 6.98. The largest absolute Gasteiger partial charge is 0.493 e. The number of piperidine rings is 1. The van der Waals surface area contributed by atoms with E-state index in [1.807, 2.05) is 55.8 Å². The average Bonchev–Trinajstić information content (AvgIpc) is 3.65. The molecule has 0 aliphatic carbocycles. The number of nitrogens with one attached hydrogen (secondary N) is 2. The van der Waals surface area contributed by atoms with Gasteiger partial charge in [-0.1, -0.05) is 0 Å². The molecule has 5 rings (SSSR count). The van der Waals surface area contributed by atoms with Crippen LogP contribution >= 0.6 is 0 Å². The average molecular weight is 592 g/mol. The summed E-state index contributed by atoms with van der Waals surface area (Å²) in [6.45, 7) is 6.44. The van der Waals surface area contributed by atoms with E-state index in [1.165, 1.54) is 0 Å². The molecule has 2 amide bonds. The third kappa shape index (κ3) is 6.63. The highest BCUT2D eigenvalue weighted by atomic mass is 16.6. The summed E-state index contributed by atoms with van der Waals surface area (Å²) >= 11 is 0. The number of aromatic nitrogens is 2. The highest BCUT2D eigenvalue weighted by Crippen LogP contribution is 2.39. The van der Waals surface area contributed by atoms with Gasteiger partial charge in [0.2, 0.25) is 5.75 Å². The topological polar surface area (TPSA) is 129 Å². The number of methoxy groups -OCH3 is 3. The molecule has 1 fully saturated rings. The van der Waals surface area contributed by atoms with Crippen molar-refractivity contribution >= 4 is 34.5 Å². The van der Waals surface area contributed by atoms with Gasteiger partial charge in [-0.2, -0.15) is 0 Å². The van der Waals surface area contributed by atoms with E-state index in [-0.39, 0.29) is 11.9 Å². The van der Waals surface area contributed by atoms with Crippen LogP contribution in [-0.2, 0) is 4.74 Å². The molecule has 12 nitrogen and oxygen atoms in total. The van der Waals surface area contributed by atoms with Crippen molar-refractivity contribution in [1.29, 1.82) is 0 Å². The summed E-state index contributed by atoms with van der Waals surface area (Å²) in [4.78, 5) is 32.2. The number of likely N-dealkylation sites (tertiary alicyclic amines) is 1. The Bertz CT molecular complexity index is 1600. The summed E-state index contributed by atoms with van der Waals surface area (Å²) in [6.07, 6.45) is 6.10. The predicted octanol–water partition coefficient (Wildman–Crippen LogP) is 5.52. The van der Waals surface area contributed by atoms with Gasteiger partial charge in [0.15, 0.2) is 17.1 Å². The SMILES string of the molecule is COc1cc(-n2cnc(Nc3cc(C(=O)N4CCC[C@@H](NC(=O)OC(C)(C)C)C4)cc4ccoc34)c2)cc(OC)c1OC. The Morgan fingerprint density at radius 1 is 1.05 bits per heavy atom. The number of hydrogen-bond donors (Lipinski definition) is 2. The van der Waals surface area contributed by atoms with Crippen molar-refractivity contribution in [1.82, 2.24) is 19.8 Å². The van der Waals surface area contributed by atoms with Crippen LogP contribution < -0.4 is 24.8 Å². The second-order valence-corrected chi connectivity index (χ2v) is 11.3. The normalized spacial score (nSPS) is 15.2. The number of alkyl carbamates (subject to hydrolysis) is 1. The lowest BCUT2D eigenvalue weighted by atomic mass is 10.0. The summed E-state index contributed by atoms with van der Waals surface area (Å²) in [7, 11) is 4.68. The Morgan fingerprint density at radius 3 is 2.47 bits per heavy atom. The maximum absolute atomic E-state index is 13.7. The van der Waals surface area contributed by atoms with Crippen LogP contribution in [0, 0.1) is 0 Å². The van der Waals surface area contributed by atoms with Crippen LogP contribution in [0.2, 0.25) is 0 Å². The van der Waals surface area contributed by atoms with Gasteiger partial charge in [0.1, 0.15) is 17.7 Å². The number of rotatable bonds is 8. The fraction of sp³-hybridized carbons (Fsp3) is 0.387. The zero-order valence-electron chi connectivity index (χ0n) is 25.2. The van der Waals surface area contributed by atoms with Gasteiger partial charge in [0.25, 0.3) is 5.91 Å². The number of carbonyl (C=O) groups excluding carboxylic acids is 2. The van der Waals surface area contributed by atoms with Crippen molar-refractivity contribution in [2.24, 2.45) is 0 Å². The van der Waals surface area contributed by atoms with Crippen LogP contribution in [0.25, 0.3) is 16.7 Å². The molecule has 1 saturated heterocycles. The van der Waals surface area contributed by atoms with Crippen LogP contribution in [-0.4, -0.2) is 72.5 Å². The number of anilines is 2. The molecule has 0 radical (unpaired) electrons. The molecule has 2 N–H and O–H groups in total. The van der Waals surface area contributed by atoms with Crippen molar-refractivity contribution < 1.29 is 33.0 Å². The lowest BCUT2D eigenvalue weighted by molar-refractivity contribution is 0.0452. The number of fused-ring (bicyclic) bond motifs is 1. The van der Waals surface area contributed by atoms with E-state index in [1.54, 1.807) is 44.9 Å². The molecule has 228 valence electrons. The minimum absolute atomic E-state index is 0.134. The van der Waals surface area contributed by atoms with Gasteiger partial charge < -0.3 is 43.5 Å². The van der Waals surface area contributed by atoms with E-state index < -0.39 is 11.7 Å². The van der Waals surface area contributed by atoms with Crippen molar-refractivity contribution in [3.8, 4) is 22.9 Å². The third-order valence-corrected chi connectivity index (χ3v) is 7.02. The zero-order chi connectivity index (χ0) is 30.7. The summed E-state index contributed by atoms with van der Waals surface area (Å²) < 4.78 is 29.4. The fourth-order valence-electron chi connectivity index (χ4n) is 5.12. The molecule has 0 saturated carbocycles. The minimum atomic E-state index is -0.595. The molecule has 12 heteroatoms. The Balaban J connectivity index is 1.36. The molecule has 2 aromatic carbocycles. The monoisotopic (exact) mass is 591 g/mol. The van der Waals surface area contributed by atoms with Gasteiger partial charge >= 0.3 is 6.09 Å². The van der Waals surface area contributed by atoms with Crippen LogP contribution in [0.5, 0.6) is 17.2 Å². The Kier molecular flexibility index (Phi) is 8.38. The van der Waals surface area contributed by atoms with Crippen molar-refractivity contribution in [3.63, 3.8) is 0 Å². The Labute approximate surface area is 249 Å². The number of imidazole rings is 1. The molecule has 0 unspecified atom stereocenters. The first-order valence-electron chi connectivity index (χ1n) is 14.0. The van der Waals surface area contributed by atoms with Gasteiger partial charge in [-0.25, -0.2) is 9.78 Å². The number of benzene rings is 2. The maximum atomic E-state index is 13.7. The van der Waals surface area contributed by atoms with Crippen molar-refractivity contribution in [2.75, 3.05) is 39.7 Å². The number of hydrogen-bond acceptors (Lipinski definition) is 9. The standard InChI is InChI=1S/C31H37N5O7/c1-31(2,3)43-30(38)33-21-8-7-10-35(16-21)29(37)20-12-19-9-11-42-27(19)23(13-20)34-26-17-36(18-32-26)22-14-24(39-4)28(41-6)25(15-22)40-5/h9,11-15,17-18,21,34H,7-8,10,16H2,1-6H3,(H,33,38)/t21-/m1/s1. The quantitative estimate of drug-likeness (QED) is 0.272. The molecule has 1 aliphatic rings. The second kappa shape index (κ2) is 12.2. The van der Waals surface area contributed by atoms with E-state index in [9.17, 15) is 9.59 Å². The molecule has 2 aromatic heterocycles. The first-order valence-corrected chi connectivity index (χ1v) is 14.0. The van der Waals surface area contributed by atoms with E-state index in [0.717, 1.165) is 23.9 Å². The number of carbonyl (C=O) groups is 2. The van der Waals surface area contributed by atoms with Gasteiger partial charge in [0, 0.05) is 42.2 Å². The second-order valence-electron chi connectivity index (χ2n) is 11.3. The fourth-order valence-corrected chi connectivity index (χ4v) is 5.12. The number of nitrogens with zero attached hydrogens (tertiary/aromatic N) is 3. The van der Waals surface area contributed by atoms with Gasteiger partial charge in [-0.05, 0) is 51.8 Å². The minimum Gasteiger partial charge on any atom is -0.493 e. The molecule has 3 heterocycles. The Morgan fingerprint density at radius 2 is 1.79 bits per heavy atom. The number of amides is 2. The molecule has 43 heavy (non-hydrogen) atoms. The lowest BCUT2D eigenvalue weighted by Gasteiger charge is -2.33. The summed E-state index contributed by atoms with van der Waals surface area (Å²) in [5.41, 5.74) is 1.85. The Hall–Kier alpha value is -4.87. The van der Waals surface area contributed by atoms with Crippen LogP contribution in [0.4, 0.5) is 16.3 Å². The van der Waals surface area contributed by atoms with Crippen molar-refractivity contribution in [3.05, 3.63) is 54.7 Å². The van der Waals surface area contributed by atoms with Crippen LogP contribution in [0.1, 0.15) is 44.0 Å². The summed E-state index contributed by atoms with van der Waals surface area (Å²) in [5.74, 6) is 1.93. The van der Waals surface area contributed by atoms with Crippen molar-refractivity contribution in [2.45, 2.75) is 45.3 Å². The van der Waals surface area contributed by atoms with Crippen LogP contribution in [0.3, 0.4) is 0 Å². The first kappa shape index (κ1) is 29.6. The molecular formula is C31H37N5O7. The first-order chi connectivity index (χ1) is 20.6. The molecule has 4 aromatic rings. The molecule has 1 aliphatic heterocycles. The molecular weight excluding hydrogens is 554 g/mol. The maximum Gasteiger partial charge on any atom is 0.407 e. The van der Waals surface area contributed by atoms with Crippen LogP contribution in [0.15, 0.2) is 53.5 Å². The highest BCUT2D eigenvalue weighted by Gasteiger charge is 2.28. The highest BCUT2D eigenvalue weighted by molar-refractivity contribution is 6.02. The zero-order valence-corrected chi connectivity index (χ0v) is 25.2. The van der Waals surface area contributed by atoms with E-state index in [2.05, 4.69) is 15.6 Å². The number of furan rings is 1. The summed E-state index contributed by atoms with van der Waals surface area (Å²) in [6, 6.07) is 8.83. The predicted molar refractivity (Wildman–Crippen MR) is 161 cm³/mol. The van der Waals surface area contributed by atoms with E-state index >= 15 is 0 Å². The smallest absolute Gasteiger partial charge is 0.407 e. The van der Waals surface area contributed by atoms with E-state index in [4.69, 9.17) is 23.4 Å². The lowest BCUT2D eigenvalue weighted by Crippen LogP contribution is -2.50. The van der Waals surface area contributed by atoms with Gasteiger partial charge in [-0.3, -0.25) is 4.79 Å². The molecule has 1 atom stereocenters.